The Morgan fingerprint density at radius 2 is 1.84 bits per heavy atom. The van der Waals surface area contributed by atoms with Crippen LogP contribution < -0.4 is 10.0 Å². The summed E-state index contributed by atoms with van der Waals surface area (Å²) < 4.78 is 30.0. The molecule has 0 spiro atoms. The van der Waals surface area contributed by atoms with Crippen molar-refractivity contribution in [3.63, 3.8) is 0 Å². The highest BCUT2D eigenvalue weighted by atomic mass is 32.2. The first kappa shape index (κ1) is 27.3. The first-order valence-electron chi connectivity index (χ1n) is 12.4. The minimum Gasteiger partial charge on any atom is -0.381 e. The molecule has 1 saturated heterocycles. The van der Waals surface area contributed by atoms with Gasteiger partial charge in [-0.3, -0.25) is 15.0 Å². The van der Waals surface area contributed by atoms with E-state index < -0.39 is 21.3 Å². The van der Waals surface area contributed by atoms with E-state index in [1.165, 1.54) is 18.3 Å². The molecule has 1 atom stereocenters. The molecular formula is C27H31N5O5S. The second kappa shape index (κ2) is 11.4. The van der Waals surface area contributed by atoms with Crippen LogP contribution in [0.1, 0.15) is 54.1 Å². The van der Waals surface area contributed by atoms with Crippen molar-refractivity contribution < 1.29 is 22.7 Å². The fourth-order valence-electron chi connectivity index (χ4n) is 4.64. The maximum absolute atomic E-state index is 13.6. The van der Waals surface area contributed by atoms with Crippen molar-refractivity contribution >= 4 is 45.3 Å². The summed E-state index contributed by atoms with van der Waals surface area (Å²) in [5.41, 5.74) is 2.01. The summed E-state index contributed by atoms with van der Waals surface area (Å²) in [6.07, 6.45) is 8.56. The number of aromatic nitrogens is 1. The summed E-state index contributed by atoms with van der Waals surface area (Å²) in [5.74, 6) is -0.264. The Kier molecular flexibility index (Phi) is 8.17. The summed E-state index contributed by atoms with van der Waals surface area (Å²) in [5, 5.41) is 11.0. The molecule has 2 aliphatic rings. The monoisotopic (exact) mass is 537 g/mol. The van der Waals surface area contributed by atoms with Crippen molar-refractivity contribution in [1.29, 1.82) is 5.41 Å². The summed E-state index contributed by atoms with van der Waals surface area (Å²) >= 11 is 0. The van der Waals surface area contributed by atoms with Crippen LogP contribution in [0.25, 0.3) is 5.57 Å². The molecule has 0 aliphatic carbocycles. The number of allylic oxidation sites excluding steroid dienone is 2. The Bertz CT molecular complexity index is 1380. The molecule has 11 heteroatoms. The number of hydrogen-bond donors (Lipinski definition) is 3. The molecular weight excluding hydrogens is 506 g/mol. The van der Waals surface area contributed by atoms with E-state index in [4.69, 9.17) is 10.1 Å². The van der Waals surface area contributed by atoms with Crippen LogP contribution in [0.3, 0.4) is 0 Å². The largest absolute Gasteiger partial charge is 0.381 e. The van der Waals surface area contributed by atoms with Crippen LogP contribution in [0.5, 0.6) is 0 Å². The van der Waals surface area contributed by atoms with Crippen LogP contribution in [0.2, 0.25) is 0 Å². The third-order valence-electron chi connectivity index (χ3n) is 6.94. The molecule has 0 bridgehead atoms. The lowest BCUT2D eigenvalue weighted by Crippen LogP contribution is -2.45. The Balaban J connectivity index is 1.54. The van der Waals surface area contributed by atoms with Crippen LogP contribution in [-0.2, 0) is 25.0 Å². The molecule has 200 valence electrons. The summed E-state index contributed by atoms with van der Waals surface area (Å²) in [4.78, 5) is 34.1. The number of benzene rings is 1. The summed E-state index contributed by atoms with van der Waals surface area (Å²) in [6.45, 7) is 2.93. The van der Waals surface area contributed by atoms with Gasteiger partial charge in [0.1, 0.15) is 11.7 Å². The highest BCUT2D eigenvalue weighted by molar-refractivity contribution is 7.89. The van der Waals surface area contributed by atoms with Crippen LogP contribution in [0.15, 0.2) is 53.7 Å². The number of carbonyl (C=O) groups is 2. The number of sulfonamides is 1. The number of amides is 2. The van der Waals surface area contributed by atoms with Gasteiger partial charge in [0, 0.05) is 31.5 Å². The maximum atomic E-state index is 13.6. The second-order valence-electron chi connectivity index (χ2n) is 9.51. The molecule has 2 aromatic rings. The quantitative estimate of drug-likeness (QED) is 0.493. The molecule has 1 fully saturated rings. The highest BCUT2D eigenvalue weighted by Crippen LogP contribution is 2.37. The van der Waals surface area contributed by atoms with E-state index in [1.54, 1.807) is 6.21 Å². The number of nitrogens with zero attached hydrogens (tertiary/aromatic N) is 2. The van der Waals surface area contributed by atoms with Gasteiger partial charge in [0.15, 0.2) is 0 Å². The fourth-order valence-corrected chi connectivity index (χ4v) is 5.10. The Labute approximate surface area is 222 Å². The van der Waals surface area contributed by atoms with Crippen molar-refractivity contribution in [2.45, 2.75) is 38.0 Å². The normalized spacial score (nSPS) is 19.3. The van der Waals surface area contributed by atoms with Gasteiger partial charge in [0.25, 0.3) is 5.91 Å². The predicted molar refractivity (Wildman–Crippen MR) is 146 cm³/mol. The van der Waals surface area contributed by atoms with Crippen molar-refractivity contribution in [1.82, 2.24) is 9.71 Å². The lowest BCUT2D eigenvalue weighted by atomic mass is 9.73. The van der Waals surface area contributed by atoms with E-state index in [2.05, 4.69) is 28.3 Å². The van der Waals surface area contributed by atoms with Gasteiger partial charge in [-0.1, -0.05) is 37.3 Å². The zero-order valence-corrected chi connectivity index (χ0v) is 22.2. The van der Waals surface area contributed by atoms with E-state index in [1.807, 2.05) is 29.0 Å². The number of rotatable bonds is 7. The zero-order valence-electron chi connectivity index (χ0n) is 21.4. The lowest BCUT2D eigenvalue weighted by molar-refractivity contribution is -0.125. The average Bonchev–Trinajstić information content (AvgIpc) is 3.09. The van der Waals surface area contributed by atoms with Gasteiger partial charge < -0.3 is 10.1 Å². The highest BCUT2D eigenvalue weighted by Gasteiger charge is 2.42. The zero-order chi connectivity index (χ0) is 27.3. The van der Waals surface area contributed by atoms with Crippen molar-refractivity contribution in [3.05, 3.63) is 65.4 Å². The van der Waals surface area contributed by atoms with Crippen LogP contribution in [0.4, 0.5) is 5.82 Å². The third kappa shape index (κ3) is 6.22. The third-order valence-corrected chi connectivity index (χ3v) is 7.50. The van der Waals surface area contributed by atoms with Crippen LogP contribution in [-0.4, -0.2) is 56.7 Å². The summed E-state index contributed by atoms with van der Waals surface area (Å²) in [6, 6.07) is 10.7. The molecule has 1 aromatic carbocycles. The Hall–Kier alpha value is -3.70. The van der Waals surface area contributed by atoms with Crippen LogP contribution >= 0.6 is 0 Å². The number of anilines is 1. The maximum Gasteiger partial charge on any atom is 0.266 e. The molecule has 3 N–H and O–H groups in total. The number of amidine groups is 1. The Morgan fingerprint density at radius 1 is 1.13 bits per heavy atom. The minimum atomic E-state index is -3.70. The molecule has 10 nitrogen and oxygen atoms in total. The number of nitrogens with one attached hydrogen (secondary N) is 3. The van der Waals surface area contributed by atoms with Gasteiger partial charge in [0.05, 0.1) is 17.2 Å². The first-order valence-corrected chi connectivity index (χ1v) is 14.3. The molecule has 0 saturated carbocycles. The molecule has 0 radical (unpaired) electrons. The fraction of sp³-hybridized carbons (Fsp3) is 0.370. The average molecular weight is 538 g/mol. The number of ether oxygens (including phenoxy) is 1. The van der Waals surface area contributed by atoms with E-state index in [0.29, 0.717) is 31.9 Å². The van der Waals surface area contributed by atoms with Gasteiger partial charge in [-0.25, -0.2) is 23.1 Å². The molecule has 38 heavy (non-hydrogen) atoms. The molecule has 3 heterocycles. The number of aliphatic imine (C=N–C) groups is 1. The Morgan fingerprint density at radius 3 is 2.45 bits per heavy atom. The van der Waals surface area contributed by atoms with Gasteiger partial charge >= 0.3 is 0 Å². The van der Waals surface area contributed by atoms with Gasteiger partial charge in [-0.2, -0.15) is 0 Å². The topological polar surface area (TPSA) is 151 Å². The molecule has 2 aliphatic heterocycles. The number of carbonyl (C=O) groups excluding carboxylic acids is 2. The van der Waals surface area contributed by atoms with Gasteiger partial charge in [-0.05, 0) is 54.5 Å². The molecule has 1 unspecified atom stereocenters. The van der Waals surface area contributed by atoms with E-state index in [0.717, 1.165) is 35.8 Å². The van der Waals surface area contributed by atoms with Crippen molar-refractivity contribution in [2.75, 3.05) is 24.8 Å². The van der Waals surface area contributed by atoms with E-state index in [-0.39, 0.29) is 23.2 Å². The molecule has 1 aromatic heterocycles. The smallest absolute Gasteiger partial charge is 0.266 e. The lowest BCUT2D eigenvalue weighted by Gasteiger charge is -2.36. The standard InChI is InChI=1S/C27H31N5O5S/c1-3-18-4-5-20(16-30-24(18)28)19-6-9-22(10-7-19)27(12-14-37-15-13-27)26(34)31-23-11-8-21(17-29-23)25(33)32-38(2,35)36/h5-11,16-18,28H,3-4,12-15H2,1-2H3,(H,32,33)(H,29,31,34). The van der Waals surface area contributed by atoms with E-state index in [9.17, 15) is 18.0 Å². The van der Waals surface area contributed by atoms with Crippen molar-refractivity contribution in [3.8, 4) is 0 Å². The van der Waals surface area contributed by atoms with E-state index >= 15 is 0 Å². The molecule has 4 rings (SSSR count). The first-order chi connectivity index (χ1) is 18.1. The SMILES string of the molecule is CCC1CC=C(c2ccc(C3(C(=O)Nc4ccc(C(=O)NS(C)(=O)=O)cn4)CCOCC3)cc2)C=NC1=N. The van der Waals surface area contributed by atoms with Crippen molar-refractivity contribution in [2.24, 2.45) is 10.9 Å². The van der Waals surface area contributed by atoms with Gasteiger partial charge in [0.2, 0.25) is 15.9 Å². The number of hydrogen-bond acceptors (Lipinski definition) is 7. The van der Waals surface area contributed by atoms with Crippen LogP contribution in [0, 0.1) is 11.3 Å². The van der Waals surface area contributed by atoms with Gasteiger partial charge in [-0.15, -0.1) is 0 Å². The number of pyridine rings is 1. The summed E-state index contributed by atoms with van der Waals surface area (Å²) in [7, 11) is -3.70. The second-order valence-corrected chi connectivity index (χ2v) is 11.3. The predicted octanol–water partition coefficient (Wildman–Crippen LogP) is 3.32. The minimum absolute atomic E-state index is 0.0570. The molecule has 2 amide bonds.